The molecular weight excluding hydrogens is 367 g/mol. The van der Waals surface area contributed by atoms with Crippen LogP contribution in [0.2, 0.25) is 0 Å². The zero-order valence-corrected chi connectivity index (χ0v) is 16.6. The predicted molar refractivity (Wildman–Crippen MR) is 110 cm³/mol. The second kappa shape index (κ2) is 9.76. The molecule has 0 atom stereocenters. The van der Waals surface area contributed by atoms with Crippen molar-refractivity contribution < 1.29 is 8.91 Å². The van der Waals surface area contributed by atoms with Gasteiger partial charge in [-0.2, -0.15) is 4.98 Å². The minimum absolute atomic E-state index is 0.123. The van der Waals surface area contributed by atoms with Crippen molar-refractivity contribution in [2.75, 3.05) is 26.2 Å². The summed E-state index contributed by atoms with van der Waals surface area (Å²) in [5.41, 5.74) is 2.04. The Morgan fingerprint density at radius 2 is 1.55 bits per heavy atom. The highest BCUT2D eigenvalue weighted by Gasteiger charge is 2.18. The molecule has 0 N–H and O–H groups in total. The quantitative estimate of drug-likeness (QED) is 0.611. The lowest BCUT2D eigenvalue weighted by Gasteiger charge is -2.21. The fraction of sp³-hybridized carbons (Fsp3) is 0.391. The summed E-state index contributed by atoms with van der Waals surface area (Å²) in [6.45, 7) is 5.10. The molecule has 0 bridgehead atoms. The zero-order chi connectivity index (χ0) is 19.9. The van der Waals surface area contributed by atoms with Crippen LogP contribution in [0, 0.1) is 5.82 Å². The van der Waals surface area contributed by atoms with Crippen LogP contribution in [-0.2, 0) is 25.9 Å². The average Bonchev–Trinajstić information content (AvgIpc) is 3.08. The standard InChI is InChI=1S/C23H27FN4O/c24-21-10-5-4-9-20(21)17-27-13-6-14-28(16-15-27)18-23-25-22(26-29-23)12-11-19-7-2-1-3-8-19/h1-5,7-10H,6,11-18H2. The fourth-order valence-electron chi connectivity index (χ4n) is 3.76. The van der Waals surface area contributed by atoms with Crippen molar-refractivity contribution in [2.45, 2.75) is 32.4 Å². The molecule has 2 heterocycles. The van der Waals surface area contributed by atoms with Crippen LogP contribution in [0.15, 0.2) is 59.1 Å². The van der Waals surface area contributed by atoms with Gasteiger partial charge in [0.05, 0.1) is 6.54 Å². The van der Waals surface area contributed by atoms with Crippen LogP contribution in [0.1, 0.15) is 29.3 Å². The second-order valence-electron chi connectivity index (χ2n) is 7.59. The van der Waals surface area contributed by atoms with Crippen molar-refractivity contribution in [3.63, 3.8) is 0 Å². The molecule has 1 aliphatic heterocycles. The minimum atomic E-state index is -0.123. The molecule has 152 valence electrons. The summed E-state index contributed by atoms with van der Waals surface area (Å²) in [6.07, 6.45) is 2.74. The van der Waals surface area contributed by atoms with Gasteiger partial charge in [0.1, 0.15) is 5.82 Å². The Labute approximate surface area is 171 Å². The molecule has 0 spiro atoms. The van der Waals surface area contributed by atoms with Gasteiger partial charge in [-0.25, -0.2) is 4.39 Å². The predicted octanol–water partition coefficient (Wildman–Crippen LogP) is 3.70. The summed E-state index contributed by atoms with van der Waals surface area (Å²) in [4.78, 5) is 9.23. The van der Waals surface area contributed by atoms with Gasteiger partial charge in [0.25, 0.3) is 0 Å². The topological polar surface area (TPSA) is 45.4 Å². The first-order valence-electron chi connectivity index (χ1n) is 10.3. The normalized spacial score (nSPS) is 16.0. The van der Waals surface area contributed by atoms with E-state index in [-0.39, 0.29) is 5.82 Å². The van der Waals surface area contributed by atoms with Gasteiger partial charge < -0.3 is 4.52 Å². The molecular formula is C23H27FN4O. The van der Waals surface area contributed by atoms with Crippen LogP contribution < -0.4 is 0 Å². The molecule has 0 aliphatic carbocycles. The van der Waals surface area contributed by atoms with Crippen LogP contribution in [0.25, 0.3) is 0 Å². The molecule has 2 aromatic carbocycles. The first-order chi connectivity index (χ1) is 14.3. The molecule has 0 amide bonds. The highest BCUT2D eigenvalue weighted by Crippen LogP contribution is 2.14. The highest BCUT2D eigenvalue weighted by molar-refractivity contribution is 5.17. The molecule has 3 aromatic rings. The lowest BCUT2D eigenvalue weighted by molar-refractivity contribution is 0.221. The number of aromatic nitrogens is 2. The maximum absolute atomic E-state index is 13.9. The van der Waals surface area contributed by atoms with E-state index in [4.69, 9.17) is 4.52 Å². The Bertz CT molecular complexity index is 899. The summed E-state index contributed by atoms with van der Waals surface area (Å²) >= 11 is 0. The molecule has 6 heteroatoms. The van der Waals surface area contributed by atoms with Gasteiger partial charge in [0.15, 0.2) is 5.82 Å². The fourth-order valence-corrected chi connectivity index (χ4v) is 3.76. The molecule has 1 saturated heterocycles. The van der Waals surface area contributed by atoms with Crippen molar-refractivity contribution in [1.82, 2.24) is 19.9 Å². The van der Waals surface area contributed by atoms with Crippen molar-refractivity contribution in [3.05, 3.63) is 83.3 Å². The van der Waals surface area contributed by atoms with Gasteiger partial charge in [0, 0.05) is 31.6 Å². The number of aryl methyl sites for hydroxylation is 2. The second-order valence-corrected chi connectivity index (χ2v) is 7.59. The van der Waals surface area contributed by atoms with Gasteiger partial charge >= 0.3 is 0 Å². The van der Waals surface area contributed by atoms with E-state index in [1.54, 1.807) is 6.07 Å². The van der Waals surface area contributed by atoms with E-state index < -0.39 is 0 Å². The third kappa shape index (κ3) is 5.71. The molecule has 0 saturated carbocycles. The van der Waals surface area contributed by atoms with E-state index >= 15 is 0 Å². The zero-order valence-electron chi connectivity index (χ0n) is 16.6. The summed E-state index contributed by atoms with van der Waals surface area (Å²) in [5, 5.41) is 4.14. The monoisotopic (exact) mass is 394 g/mol. The van der Waals surface area contributed by atoms with E-state index in [0.29, 0.717) is 19.0 Å². The number of rotatable bonds is 7. The third-order valence-electron chi connectivity index (χ3n) is 5.38. The molecule has 0 unspecified atom stereocenters. The number of nitrogens with zero attached hydrogens (tertiary/aromatic N) is 4. The van der Waals surface area contributed by atoms with Crippen molar-refractivity contribution in [2.24, 2.45) is 0 Å². The summed E-state index contributed by atoms with van der Waals surface area (Å²) in [5.74, 6) is 1.32. The average molecular weight is 394 g/mol. The number of benzene rings is 2. The Hall–Kier alpha value is -2.57. The van der Waals surface area contributed by atoms with Crippen LogP contribution in [0.4, 0.5) is 4.39 Å². The Balaban J connectivity index is 1.26. The largest absolute Gasteiger partial charge is 0.338 e. The van der Waals surface area contributed by atoms with Gasteiger partial charge in [-0.3, -0.25) is 9.80 Å². The third-order valence-corrected chi connectivity index (χ3v) is 5.38. The molecule has 0 radical (unpaired) electrons. The van der Waals surface area contributed by atoms with Gasteiger partial charge in [0.2, 0.25) is 5.89 Å². The smallest absolute Gasteiger partial charge is 0.240 e. The molecule has 5 nitrogen and oxygen atoms in total. The van der Waals surface area contributed by atoms with Crippen molar-refractivity contribution >= 4 is 0 Å². The van der Waals surface area contributed by atoms with E-state index in [1.165, 1.54) is 11.6 Å². The lowest BCUT2D eigenvalue weighted by atomic mass is 10.1. The van der Waals surface area contributed by atoms with Crippen LogP contribution in [-0.4, -0.2) is 46.1 Å². The molecule has 1 aromatic heterocycles. The van der Waals surface area contributed by atoms with Crippen LogP contribution in [0.3, 0.4) is 0 Å². The Morgan fingerprint density at radius 3 is 2.34 bits per heavy atom. The maximum Gasteiger partial charge on any atom is 0.240 e. The summed E-state index contributed by atoms with van der Waals surface area (Å²) in [6, 6.07) is 17.4. The summed E-state index contributed by atoms with van der Waals surface area (Å²) < 4.78 is 19.4. The molecule has 1 aliphatic rings. The number of halogens is 1. The first kappa shape index (κ1) is 19.7. The Morgan fingerprint density at radius 1 is 0.828 bits per heavy atom. The molecule has 29 heavy (non-hydrogen) atoms. The van der Waals surface area contributed by atoms with Gasteiger partial charge in [-0.05, 0) is 37.6 Å². The first-order valence-corrected chi connectivity index (χ1v) is 10.3. The molecule has 4 rings (SSSR count). The van der Waals surface area contributed by atoms with E-state index in [2.05, 4.69) is 32.1 Å². The minimum Gasteiger partial charge on any atom is -0.338 e. The van der Waals surface area contributed by atoms with Crippen molar-refractivity contribution in [3.8, 4) is 0 Å². The van der Waals surface area contributed by atoms with E-state index in [9.17, 15) is 4.39 Å². The summed E-state index contributed by atoms with van der Waals surface area (Å²) in [7, 11) is 0. The SMILES string of the molecule is Fc1ccccc1CN1CCCN(Cc2nc(CCc3ccccc3)no2)CC1. The van der Waals surface area contributed by atoms with Crippen molar-refractivity contribution in [1.29, 1.82) is 0 Å². The van der Waals surface area contributed by atoms with Gasteiger partial charge in [-0.1, -0.05) is 53.7 Å². The molecule has 1 fully saturated rings. The number of hydrogen-bond donors (Lipinski definition) is 0. The number of hydrogen-bond acceptors (Lipinski definition) is 5. The van der Waals surface area contributed by atoms with Crippen LogP contribution >= 0.6 is 0 Å². The Kier molecular flexibility index (Phi) is 6.64. The maximum atomic E-state index is 13.9. The van der Waals surface area contributed by atoms with Gasteiger partial charge in [-0.15, -0.1) is 0 Å². The van der Waals surface area contributed by atoms with E-state index in [0.717, 1.165) is 56.8 Å². The van der Waals surface area contributed by atoms with E-state index in [1.807, 2.05) is 30.3 Å². The highest BCUT2D eigenvalue weighted by atomic mass is 19.1. The van der Waals surface area contributed by atoms with Crippen LogP contribution in [0.5, 0.6) is 0 Å². The lowest BCUT2D eigenvalue weighted by Crippen LogP contribution is -2.30.